The van der Waals surface area contributed by atoms with Crippen molar-refractivity contribution >= 4 is 17.3 Å². The first-order chi connectivity index (χ1) is 8.60. The van der Waals surface area contributed by atoms with E-state index in [-0.39, 0.29) is 12.2 Å². The van der Waals surface area contributed by atoms with E-state index < -0.39 is 5.97 Å². The number of anilines is 2. The van der Waals surface area contributed by atoms with Crippen LogP contribution in [0.3, 0.4) is 0 Å². The number of hydrogen-bond donors (Lipinski definition) is 3. The van der Waals surface area contributed by atoms with Gasteiger partial charge in [0, 0.05) is 18.8 Å². The number of nitrogens with two attached hydrogens (primary N) is 1. The molecule has 5 nitrogen and oxygen atoms in total. The molecular weight excluding hydrogens is 232 g/mol. The number of carboxylic acids is 1. The zero-order valence-corrected chi connectivity index (χ0v) is 10.6. The molecule has 0 aliphatic heterocycles. The third-order valence-corrected chi connectivity index (χ3v) is 2.74. The van der Waals surface area contributed by atoms with Gasteiger partial charge in [-0.1, -0.05) is 13.3 Å². The molecule has 0 bridgehead atoms. The molecule has 4 N–H and O–H groups in total. The third-order valence-electron chi connectivity index (χ3n) is 2.74. The molecule has 1 rings (SSSR count). The maximum Gasteiger partial charge on any atom is 0.337 e. The van der Waals surface area contributed by atoms with E-state index in [0.29, 0.717) is 24.5 Å². The number of nitrogen functional groups attached to an aromatic ring is 1. The van der Waals surface area contributed by atoms with Crippen molar-refractivity contribution < 1.29 is 15.0 Å². The Hall–Kier alpha value is -1.75. The van der Waals surface area contributed by atoms with Crippen LogP contribution in [0.2, 0.25) is 0 Å². The van der Waals surface area contributed by atoms with Crippen molar-refractivity contribution in [1.29, 1.82) is 0 Å². The van der Waals surface area contributed by atoms with Crippen LogP contribution < -0.4 is 10.6 Å². The van der Waals surface area contributed by atoms with Gasteiger partial charge in [-0.25, -0.2) is 4.79 Å². The van der Waals surface area contributed by atoms with Gasteiger partial charge < -0.3 is 20.8 Å². The third kappa shape index (κ3) is 3.63. The molecular formula is C13H20N2O3. The Balaban J connectivity index is 3.07. The van der Waals surface area contributed by atoms with Gasteiger partial charge in [0.2, 0.25) is 0 Å². The van der Waals surface area contributed by atoms with Crippen molar-refractivity contribution in [3.63, 3.8) is 0 Å². The lowest BCUT2D eigenvalue weighted by atomic mass is 10.1. The SMILES string of the molecule is CCCCN(CCO)c1cc(N)ccc1C(=O)O. The highest BCUT2D eigenvalue weighted by molar-refractivity contribution is 5.95. The second kappa shape index (κ2) is 6.86. The van der Waals surface area contributed by atoms with Crippen molar-refractivity contribution in [3.05, 3.63) is 23.8 Å². The molecule has 0 aliphatic rings. The number of carboxylic acid groups (broad SMARTS) is 1. The number of nitrogens with zero attached hydrogens (tertiary/aromatic N) is 1. The van der Waals surface area contributed by atoms with Crippen LogP contribution in [0, 0.1) is 0 Å². The van der Waals surface area contributed by atoms with E-state index in [1.54, 1.807) is 12.1 Å². The van der Waals surface area contributed by atoms with Gasteiger partial charge in [0.05, 0.1) is 17.9 Å². The second-order valence-corrected chi connectivity index (χ2v) is 4.15. The lowest BCUT2D eigenvalue weighted by Crippen LogP contribution is -2.29. The van der Waals surface area contributed by atoms with Crippen LogP contribution in [0.5, 0.6) is 0 Å². The Morgan fingerprint density at radius 1 is 1.39 bits per heavy atom. The van der Waals surface area contributed by atoms with Gasteiger partial charge in [-0.3, -0.25) is 0 Å². The van der Waals surface area contributed by atoms with E-state index in [2.05, 4.69) is 6.92 Å². The lowest BCUT2D eigenvalue weighted by molar-refractivity contribution is 0.0697. The van der Waals surface area contributed by atoms with Gasteiger partial charge in [-0.15, -0.1) is 0 Å². The van der Waals surface area contributed by atoms with Crippen molar-refractivity contribution in [1.82, 2.24) is 0 Å². The highest BCUT2D eigenvalue weighted by Crippen LogP contribution is 2.24. The number of hydrogen-bond acceptors (Lipinski definition) is 4. The summed E-state index contributed by atoms with van der Waals surface area (Å²) in [5.41, 5.74) is 7.02. The van der Waals surface area contributed by atoms with E-state index in [1.807, 2.05) is 4.90 Å². The standard InChI is InChI=1S/C13H20N2O3/c1-2-3-6-15(7-8-16)12-9-10(14)4-5-11(12)13(17)18/h4-5,9,16H,2-3,6-8,14H2,1H3,(H,17,18). The molecule has 18 heavy (non-hydrogen) atoms. The van der Waals surface area contributed by atoms with Crippen LogP contribution in [0.4, 0.5) is 11.4 Å². The summed E-state index contributed by atoms with van der Waals surface area (Å²) in [5, 5.41) is 18.2. The highest BCUT2D eigenvalue weighted by atomic mass is 16.4. The molecule has 5 heteroatoms. The largest absolute Gasteiger partial charge is 0.478 e. The summed E-state index contributed by atoms with van der Waals surface area (Å²) in [6, 6.07) is 4.72. The van der Waals surface area contributed by atoms with Gasteiger partial charge in [0.15, 0.2) is 0 Å². The van der Waals surface area contributed by atoms with Crippen LogP contribution in [-0.2, 0) is 0 Å². The average molecular weight is 252 g/mol. The van der Waals surface area contributed by atoms with Crippen LogP contribution in [0.25, 0.3) is 0 Å². The minimum atomic E-state index is -0.982. The van der Waals surface area contributed by atoms with Gasteiger partial charge in [0.25, 0.3) is 0 Å². The molecule has 0 heterocycles. The molecule has 1 aromatic rings. The summed E-state index contributed by atoms with van der Waals surface area (Å²) in [7, 11) is 0. The summed E-state index contributed by atoms with van der Waals surface area (Å²) in [6.07, 6.45) is 1.94. The molecule has 0 saturated heterocycles. The number of unbranched alkanes of at least 4 members (excludes halogenated alkanes) is 1. The number of aromatic carboxylic acids is 1. The maximum atomic E-state index is 11.2. The van der Waals surface area contributed by atoms with Gasteiger partial charge >= 0.3 is 5.97 Å². The van der Waals surface area contributed by atoms with E-state index in [4.69, 9.17) is 15.9 Å². The fourth-order valence-electron chi connectivity index (χ4n) is 1.81. The number of rotatable bonds is 7. The first-order valence-corrected chi connectivity index (χ1v) is 6.08. The van der Waals surface area contributed by atoms with Crippen molar-refractivity contribution in [2.75, 3.05) is 30.3 Å². The molecule has 0 amide bonds. The maximum absolute atomic E-state index is 11.2. The molecule has 100 valence electrons. The molecule has 1 aromatic carbocycles. The van der Waals surface area contributed by atoms with Crippen LogP contribution in [-0.4, -0.2) is 35.9 Å². The molecule has 0 spiro atoms. The van der Waals surface area contributed by atoms with Crippen LogP contribution >= 0.6 is 0 Å². The first kappa shape index (κ1) is 14.3. The van der Waals surface area contributed by atoms with Crippen LogP contribution in [0.1, 0.15) is 30.1 Å². The first-order valence-electron chi connectivity index (χ1n) is 6.08. The summed E-state index contributed by atoms with van der Waals surface area (Å²) < 4.78 is 0. The molecule has 0 saturated carbocycles. The number of aliphatic hydroxyl groups excluding tert-OH is 1. The zero-order chi connectivity index (χ0) is 13.5. The molecule has 0 aromatic heterocycles. The second-order valence-electron chi connectivity index (χ2n) is 4.15. The molecule has 0 radical (unpaired) electrons. The van der Waals surface area contributed by atoms with Gasteiger partial charge in [0.1, 0.15) is 0 Å². The Labute approximate surface area is 107 Å². The Morgan fingerprint density at radius 2 is 2.11 bits per heavy atom. The predicted octanol–water partition coefficient (Wildman–Crippen LogP) is 1.57. The van der Waals surface area contributed by atoms with Crippen molar-refractivity contribution in [2.24, 2.45) is 0 Å². The number of carbonyl (C=O) groups is 1. The lowest BCUT2D eigenvalue weighted by Gasteiger charge is -2.25. The smallest absolute Gasteiger partial charge is 0.337 e. The molecule has 0 atom stereocenters. The van der Waals surface area contributed by atoms with E-state index in [1.165, 1.54) is 6.07 Å². The highest BCUT2D eigenvalue weighted by Gasteiger charge is 2.15. The quantitative estimate of drug-likeness (QED) is 0.641. The average Bonchev–Trinajstić information content (AvgIpc) is 2.34. The fourth-order valence-corrected chi connectivity index (χ4v) is 1.81. The van der Waals surface area contributed by atoms with Gasteiger partial charge in [-0.05, 0) is 24.6 Å². The van der Waals surface area contributed by atoms with Crippen LogP contribution in [0.15, 0.2) is 18.2 Å². The molecule has 0 fully saturated rings. The van der Waals surface area contributed by atoms with Crippen molar-refractivity contribution in [2.45, 2.75) is 19.8 Å². The van der Waals surface area contributed by atoms with E-state index in [9.17, 15) is 4.79 Å². The normalized spacial score (nSPS) is 10.3. The Bertz CT molecular complexity index is 407. The number of aliphatic hydroxyl groups is 1. The van der Waals surface area contributed by atoms with E-state index in [0.717, 1.165) is 12.8 Å². The predicted molar refractivity (Wildman–Crippen MR) is 72.0 cm³/mol. The fraction of sp³-hybridized carbons (Fsp3) is 0.462. The minimum Gasteiger partial charge on any atom is -0.478 e. The Kier molecular flexibility index (Phi) is 5.45. The topological polar surface area (TPSA) is 86.8 Å². The summed E-state index contributed by atoms with van der Waals surface area (Å²) in [5.74, 6) is -0.982. The van der Waals surface area contributed by atoms with Crippen molar-refractivity contribution in [3.8, 4) is 0 Å². The summed E-state index contributed by atoms with van der Waals surface area (Å²) in [4.78, 5) is 13.0. The number of benzene rings is 1. The summed E-state index contributed by atoms with van der Waals surface area (Å²) in [6.45, 7) is 3.16. The molecule has 0 unspecified atom stereocenters. The molecule has 0 aliphatic carbocycles. The van der Waals surface area contributed by atoms with E-state index >= 15 is 0 Å². The van der Waals surface area contributed by atoms with Gasteiger partial charge in [-0.2, -0.15) is 0 Å². The minimum absolute atomic E-state index is 0.0163. The zero-order valence-electron chi connectivity index (χ0n) is 10.6. The monoisotopic (exact) mass is 252 g/mol. The Morgan fingerprint density at radius 3 is 2.67 bits per heavy atom. The summed E-state index contributed by atoms with van der Waals surface area (Å²) >= 11 is 0.